The summed E-state index contributed by atoms with van der Waals surface area (Å²) < 4.78 is 63.5. The fourth-order valence-corrected chi connectivity index (χ4v) is 6.67. The quantitative estimate of drug-likeness (QED) is 0.100. The molecule has 0 atom stereocenters. The maximum atomic E-state index is 13.2. The van der Waals surface area contributed by atoms with Gasteiger partial charge >= 0.3 is 0 Å². The number of nitro groups is 2. The van der Waals surface area contributed by atoms with Crippen LogP contribution in [0, 0.1) is 40.0 Å². The van der Waals surface area contributed by atoms with Gasteiger partial charge in [0.05, 0.1) is 32.9 Å². The Morgan fingerprint density at radius 1 is 0.591 bits per heavy atom. The minimum absolute atomic E-state index is 0.300. The van der Waals surface area contributed by atoms with E-state index in [-0.39, 0.29) is 21.2 Å². The molecule has 4 aromatic rings. The van der Waals surface area contributed by atoms with Crippen LogP contribution in [0.5, 0.6) is 0 Å². The molecule has 0 saturated heterocycles. The molecule has 0 unspecified atom stereocenters. The molecule has 0 fully saturated rings. The Hall–Kier alpha value is -4.50. The fourth-order valence-electron chi connectivity index (χ4n) is 4.75. The van der Waals surface area contributed by atoms with Crippen LogP contribution < -0.4 is 0 Å². The number of rotatable bonds is 13. The van der Waals surface area contributed by atoms with Crippen molar-refractivity contribution in [1.82, 2.24) is 0 Å². The topological polar surface area (TPSA) is 173 Å². The number of non-ortho nitro benzene ring substituents is 2. The molecule has 4 aromatic carbocycles. The number of hydrogen-bond donors (Lipinski definition) is 0. The van der Waals surface area contributed by atoms with Crippen molar-refractivity contribution in [2.75, 3.05) is 13.2 Å². The molecule has 0 spiro atoms. The van der Waals surface area contributed by atoms with Crippen LogP contribution in [0.3, 0.4) is 0 Å². The maximum Gasteiger partial charge on any atom is 0.296 e. The average Bonchev–Trinajstić information content (AvgIpc) is 3.00. The third-order valence-electron chi connectivity index (χ3n) is 7.07. The zero-order chi connectivity index (χ0) is 32.1. The Kier molecular flexibility index (Phi) is 9.89. The highest BCUT2D eigenvalue weighted by atomic mass is 32.2. The van der Waals surface area contributed by atoms with Crippen LogP contribution in [0.15, 0.2) is 107 Å². The van der Waals surface area contributed by atoms with Crippen molar-refractivity contribution < 1.29 is 35.0 Å². The van der Waals surface area contributed by atoms with Crippen molar-refractivity contribution in [3.63, 3.8) is 0 Å². The van der Waals surface area contributed by atoms with Crippen LogP contribution in [0.4, 0.5) is 11.4 Å². The van der Waals surface area contributed by atoms with Crippen LogP contribution in [-0.4, -0.2) is 39.9 Å². The standard InChI is InChI=1S/C30H28N2O10S2/c1-21-7-3-5-9-28(21)30(29-10-6-4-8-22(29)2)23(19-41-43(37,38)26-15-11-24(12-16-26)31(33)34)20-42-44(39,40)27-17-13-25(14-18-27)32(35)36/h3-18,23,30H,19-20H2,1-2H3. The summed E-state index contributed by atoms with van der Waals surface area (Å²) in [7, 11) is -8.85. The number of benzene rings is 4. The molecule has 0 radical (unpaired) electrons. The first-order valence-electron chi connectivity index (χ1n) is 13.2. The van der Waals surface area contributed by atoms with Crippen LogP contribution in [0.1, 0.15) is 28.2 Å². The molecule has 44 heavy (non-hydrogen) atoms. The number of nitrogens with zero attached hydrogens (tertiary/aromatic N) is 2. The zero-order valence-corrected chi connectivity index (χ0v) is 25.2. The fraction of sp³-hybridized carbons (Fsp3) is 0.200. The normalized spacial score (nSPS) is 12.0. The van der Waals surface area contributed by atoms with Crippen molar-refractivity contribution >= 4 is 31.6 Å². The Bertz CT molecular complexity index is 1740. The lowest BCUT2D eigenvalue weighted by molar-refractivity contribution is -0.385. The Morgan fingerprint density at radius 2 is 0.932 bits per heavy atom. The van der Waals surface area contributed by atoms with E-state index in [9.17, 15) is 37.1 Å². The van der Waals surface area contributed by atoms with Crippen LogP contribution >= 0.6 is 0 Å². The lowest BCUT2D eigenvalue weighted by Gasteiger charge is -2.30. The van der Waals surface area contributed by atoms with E-state index >= 15 is 0 Å². The molecule has 0 bridgehead atoms. The molecule has 0 aliphatic rings. The molecular weight excluding hydrogens is 612 g/mol. The number of hydrogen-bond acceptors (Lipinski definition) is 10. The Balaban J connectivity index is 1.73. The van der Waals surface area contributed by atoms with Gasteiger partial charge in [-0.25, -0.2) is 0 Å². The average molecular weight is 641 g/mol. The van der Waals surface area contributed by atoms with E-state index in [1.165, 1.54) is 0 Å². The maximum absolute atomic E-state index is 13.2. The molecule has 0 heterocycles. The van der Waals surface area contributed by atoms with Gasteiger partial charge in [-0.2, -0.15) is 16.8 Å². The van der Waals surface area contributed by atoms with Crippen molar-refractivity contribution in [3.8, 4) is 0 Å². The van der Waals surface area contributed by atoms with E-state index in [2.05, 4.69) is 0 Å². The first-order valence-corrected chi connectivity index (χ1v) is 16.0. The molecule has 0 aromatic heterocycles. The summed E-state index contributed by atoms with van der Waals surface area (Å²) in [6.45, 7) is 2.73. The summed E-state index contributed by atoms with van der Waals surface area (Å²) in [5, 5.41) is 22.0. The minimum atomic E-state index is -4.43. The van der Waals surface area contributed by atoms with E-state index in [4.69, 9.17) is 8.37 Å². The van der Waals surface area contributed by atoms with Gasteiger partial charge in [-0.15, -0.1) is 0 Å². The lowest BCUT2D eigenvalue weighted by atomic mass is 9.78. The van der Waals surface area contributed by atoms with Gasteiger partial charge in [-0.1, -0.05) is 48.5 Å². The number of aryl methyl sites for hydroxylation is 2. The van der Waals surface area contributed by atoms with Gasteiger partial charge < -0.3 is 0 Å². The largest absolute Gasteiger partial charge is 0.296 e. The molecule has 4 rings (SSSR count). The van der Waals surface area contributed by atoms with Gasteiger partial charge in [0, 0.05) is 36.1 Å². The predicted octanol–water partition coefficient (Wildman–Crippen LogP) is 5.68. The van der Waals surface area contributed by atoms with Crippen molar-refractivity contribution in [2.45, 2.75) is 29.6 Å². The SMILES string of the molecule is Cc1ccccc1C(c1ccccc1C)C(COS(=O)(=O)c1ccc([N+](=O)[O-])cc1)COS(=O)(=O)c1ccc([N+](=O)[O-])cc1. The second-order valence-corrected chi connectivity index (χ2v) is 13.2. The molecule has 0 aliphatic carbocycles. The highest BCUT2D eigenvalue weighted by molar-refractivity contribution is 7.87. The summed E-state index contributed by atoms with van der Waals surface area (Å²) in [4.78, 5) is 20.1. The molecule has 12 nitrogen and oxygen atoms in total. The first-order chi connectivity index (χ1) is 20.8. The van der Waals surface area contributed by atoms with Gasteiger partial charge in [0.25, 0.3) is 31.6 Å². The van der Waals surface area contributed by atoms with Crippen LogP contribution in [0.2, 0.25) is 0 Å². The summed E-state index contributed by atoms with van der Waals surface area (Å²) in [5.41, 5.74) is 2.71. The zero-order valence-electron chi connectivity index (χ0n) is 23.6. The second-order valence-electron chi connectivity index (χ2n) is 9.93. The third kappa shape index (κ3) is 7.52. The van der Waals surface area contributed by atoms with Gasteiger partial charge in [-0.3, -0.25) is 28.6 Å². The monoisotopic (exact) mass is 640 g/mol. The summed E-state index contributed by atoms with van der Waals surface area (Å²) >= 11 is 0. The third-order valence-corrected chi connectivity index (χ3v) is 9.66. The van der Waals surface area contributed by atoms with E-state index in [1.54, 1.807) is 0 Å². The van der Waals surface area contributed by atoms with Crippen LogP contribution in [0.25, 0.3) is 0 Å². The molecule has 14 heteroatoms. The van der Waals surface area contributed by atoms with Gasteiger partial charge in [-0.05, 0) is 60.4 Å². The second kappa shape index (κ2) is 13.4. The Morgan fingerprint density at radius 3 is 1.25 bits per heavy atom. The predicted molar refractivity (Wildman–Crippen MR) is 160 cm³/mol. The number of nitro benzene ring substituents is 2. The first kappa shape index (κ1) is 32.4. The smallest absolute Gasteiger partial charge is 0.266 e. The van der Waals surface area contributed by atoms with Crippen molar-refractivity contribution in [3.05, 3.63) is 140 Å². The summed E-state index contributed by atoms with van der Waals surface area (Å²) in [6, 6.07) is 23.1. The molecule has 0 aliphatic heterocycles. The molecule has 230 valence electrons. The lowest BCUT2D eigenvalue weighted by Crippen LogP contribution is -2.28. The highest BCUT2D eigenvalue weighted by Crippen LogP contribution is 2.37. The Labute approximate surface area is 254 Å². The van der Waals surface area contributed by atoms with Crippen LogP contribution in [-0.2, 0) is 28.6 Å². The van der Waals surface area contributed by atoms with Gasteiger partial charge in [0.15, 0.2) is 0 Å². The van der Waals surface area contributed by atoms with E-state index < -0.39 is 55.1 Å². The molecule has 0 saturated carbocycles. The summed E-state index contributed by atoms with van der Waals surface area (Å²) in [6.07, 6.45) is 0. The van der Waals surface area contributed by atoms with E-state index in [1.807, 2.05) is 62.4 Å². The van der Waals surface area contributed by atoms with E-state index in [0.717, 1.165) is 70.8 Å². The summed E-state index contributed by atoms with van der Waals surface area (Å²) in [5.74, 6) is -1.48. The highest BCUT2D eigenvalue weighted by Gasteiger charge is 2.32. The van der Waals surface area contributed by atoms with Gasteiger partial charge in [0.1, 0.15) is 0 Å². The van der Waals surface area contributed by atoms with Crippen molar-refractivity contribution in [2.24, 2.45) is 5.92 Å². The molecular formula is C30H28N2O10S2. The molecule has 0 amide bonds. The van der Waals surface area contributed by atoms with E-state index in [0.29, 0.717) is 0 Å². The van der Waals surface area contributed by atoms with Crippen molar-refractivity contribution in [1.29, 1.82) is 0 Å². The minimum Gasteiger partial charge on any atom is -0.266 e. The van der Waals surface area contributed by atoms with Gasteiger partial charge in [0.2, 0.25) is 0 Å². The molecule has 0 N–H and O–H groups in total.